The standard InChI is InChI=1S/C30H35N7O2/c1-3-39-27-18-32-20(2)15-24(27)23-7-8-25-26(17-23)34-30(33-25)35-28-16-21(9-10-31-28)19-36-11-13-37(14-12-36)29(38)22-5-4-6-22/h7-10,15-18,22H,3-6,11-14,19H2,1-2H3,(H2,31,33,34,35). The van der Waals surface area contributed by atoms with E-state index < -0.39 is 0 Å². The number of hydrogen-bond donors (Lipinski definition) is 2. The van der Waals surface area contributed by atoms with E-state index in [9.17, 15) is 4.79 Å². The van der Waals surface area contributed by atoms with Gasteiger partial charge in [-0.2, -0.15) is 0 Å². The molecule has 1 saturated heterocycles. The fourth-order valence-electron chi connectivity index (χ4n) is 5.34. The molecule has 1 amide bonds. The minimum Gasteiger partial charge on any atom is -0.492 e. The number of piperazine rings is 1. The number of rotatable bonds is 8. The van der Waals surface area contributed by atoms with Crippen molar-refractivity contribution in [2.75, 3.05) is 38.1 Å². The average molecular weight is 526 g/mol. The Labute approximate surface area is 228 Å². The number of aryl methyl sites for hydroxylation is 1. The fraction of sp³-hybridized carbons (Fsp3) is 0.400. The maximum atomic E-state index is 12.5. The predicted octanol–water partition coefficient (Wildman–Crippen LogP) is 4.91. The number of benzene rings is 1. The molecule has 202 valence electrons. The maximum Gasteiger partial charge on any atom is 0.225 e. The average Bonchev–Trinajstić information content (AvgIpc) is 3.31. The van der Waals surface area contributed by atoms with E-state index in [1.165, 1.54) is 12.0 Å². The van der Waals surface area contributed by atoms with E-state index in [2.05, 4.69) is 54.3 Å². The summed E-state index contributed by atoms with van der Waals surface area (Å²) in [6.45, 7) is 8.81. The number of ether oxygens (including phenoxy) is 1. The Morgan fingerprint density at radius 3 is 2.72 bits per heavy atom. The third kappa shape index (κ3) is 5.59. The number of carbonyl (C=O) groups excluding carboxylic acids is 1. The van der Waals surface area contributed by atoms with E-state index in [4.69, 9.17) is 9.72 Å². The van der Waals surface area contributed by atoms with E-state index in [0.29, 0.717) is 18.5 Å². The molecule has 0 bridgehead atoms. The molecule has 1 aromatic carbocycles. The molecule has 39 heavy (non-hydrogen) atoms. The van der Waals surface area contributed by atoms with Gasteiger partial charge in [0.2, 0.25) is 11.9 Å². The quantitative estimate of drug-likeness (QED) is 0.337. The van der Waals surface area contributed by atoms with Gasteiger partial charge < -0.3 is 19.9 Å². The van der Waals surface area contributed by atoms with E-state index in [0.717, 1.165) is 85.0 Å². The Bertz CT molecular complexity index is 1470. The Morgan fingerprint density at radius 1 is 1.10 bits per heavy atom. The number of pyridine rings is 2. The SMILES string of the molecule is CCOc1cnc(C)cc1-c1ccc2nc(Nc3cc(CN4CCN(C(=O)C5CCC5)CC4)ccn3)[nH]c2c1. The Balaban J connectivity index is 1.12. The molecule has 0 radical (unpaired) electrons. The highest BCUT2D eigenvalue weighted by Gasteiger charge is 2.31. The van der Waals surface area contributed by atoms with Gasteiger partial charge in [0.05, 0.1) is 23.8 Å². The molecule has 0 atom stereocenters. The second-order valence-electron chi connectivity index (χ2n) is 10.5. The van der Waals surface area contributed by atoms with Crippen LogP contribution in [0.2, 0.25) is 0 Å². The summed E-state index contributed by atoms with van der Waals surface area (Å²) in [4.78, 5) is 34.0. The Hall–Kier alpha value is -3.98. The number of H-pyrrole nitrogens is 1. The molecule has 0 unspecified atom stereocenters. The minimum absolute atomic E-state index is 0.280. The van der Waals surface area contributed by atoms with Crippen molar-refractivity contribution in [2.24, 2.45) is 5.92 Å². The van der Waals surface area contributed by atoms with Crippen LogP contribution in [-0.4, -0.2) is 68.4 Å². The fourth-order valence-corrected chi connectivity index (χ4v) is 5.34. The van der Waals surface area contributed by atoms with Gasteiger partial charge in [0.25, 0.3) is 0 Å². The van der Waals surface area contributed by atoms with Gasteiger partial charge in [0.15, 0.2) is 0 Å². The molecular formula is C30H35N7O2. The number of nitrogens with one attached hydrogen (secondary N) is 2. The van der Waals surface area contributed by atoms with Gasteiger partial charge in [-0.05, 0) is 68.1 Å². The highest BCUT2D eigenvalue weighted by molar-refractivity contribution is 5.85. The van der Waals surface area contributed by atoms with Crippen LogP contribution >= 0.6 is 0 Å². The van der Waals surface area contributed by atoms with Gasteiger partial charge in [0.1, 0.15) is 11.6 Å². The van der Waals surface area contributed by atoms with Gasteiger partial charge in [-0.25, -0.2) is 9.97 Å². The lowest BCUT2D eigenvalue weighted by atomic mass is 9.84. The monoisotopic (exact) mass is 525 g/mol. The molecule has 1 saturated carbocycles. The number of carbonyl (C=O) groups is 1. The van der Waals surface area contributed by atoms with Gasteiger partial charge in [-0.1, -0.05) is 12.5 Å². The largest absolute Gasteiger partial charge is 0.492 e. The van der Waals surface area contributed by atoms with Crippen LogP contribution in [0, 0.1) is 12.8 Å². The lowest BCUT2D eigenvalue weighted by molar-refractivity contribution is -0.140. The minimum atomic E-state index is 0.280. The van der Waals surface area contributed by atoms with Gasteiger partial charge in [0, 0.05) is 56.1 Å². The first-order valence-electron chi connectivity index (χ1n) is 13.9. The third-order valence-electron chi connectivity index (χ3n) is 7.71. The maximum absolute atomic E-state index is 12.5. The Morgan fingerprint density at radius 2 is 1.95 bits per heavy atom. The molecule has 2 fully saturated rings. The smallest absolute Gasteiger partial charge is 0.225 e. The number of nitrogens with zero attached hydrogens (tertiary/aromatic N) is 5. The number of fused-ring (bicyclic) bond motifs is 1. The molecule has 2 N–H and O–H groups in total. The summed E-state index contributed by atoms with van der Waals surface area (Å²) in [6, 6.07) is 12.3. The molecule has 9 nitrogen and oxygen atoms in total. The van der Waals surface area contributed by atoms with Crippen molar-refractivity contribution in [2.45, 2.75) is 39.7 Å². The summed E-state index contributed by atoms with van der Waals surface area (Å²) >= 11 is 0. The van der Waals surface area contributed by atoms with Crippen molar-refractivity contribution in [3.8, 4) is 16.9 Å². The predicted molar refractivity (Wildman–Crippen MR) is 152 cm³/mol. The van der Waals surface area contributed by atoms with Gasteiger partial charge >= 0.3 is 0 Å². The van der Waals surface area contributed by atoms with Crippen molar-refractivity contribution in [1.29, 1.82) is 0 Å². The van der Waals surface area contributed by atoms with Crippen LogP contribution in [0.4, 0.5) is 11.8 Å². The number of amides is 1. The molecule has 9 heteroatoms. The van der Waals surface area contributed by atoms with Crippen molar-refractivity contribution in [1.82, 2.24) is 29.7 Å². The summed E-state index contributed by atoms with van der Waals surface area (Å²) in [5, 5.41) is 3.33. The van der Waals surface area contributed by atoms with Crippen molar-refractivity contribution >= 4 is 28.7 Å². The summed E-state index contributed by atoms with van der Waals surface area (Å²) in [7, 11) is 0. The molecular weight excluding hydrogens is 490 g/mol. The summed E-state index contributed by atoms with van der Waals surface area (Å²) in [6.07, 6.45) is 6.95. The Kier molecular flexibility index (Phi) is 7.15. The molecule has 6 rings (SSSR count). The molecule has 3 aromatic heterocycles. The zero-order chi connectivity index (χ0) is 26.8. The first-order valence-corrected chi connectivity index (χ1v) is 13.9. The number of anilines is 2. The van der Waals surface area contributed by atoms with Crippen molar-refractivity contribution in [3.05, 3.63) is 60.0 Å². The highest BCUT2D eigenvalue weighted by atomic mass is 16.5. The first-order chi connectivity index (χ1) is 19.1. The summed E-state index contributed by atoms with van der Waals surface area (Å²) in [5.41, 5.74) is 5.98. The normalized spacial score (nSPS) is 16.3. The number of hydrogen-bond acceptors (Lipinski definition) is 7. The highest BCUT2D eigenvalue weighted by Crippen LogP contribution is 2.32. The van der Waals surface area contributed by atoms with Crippen molar-refractivity contribution in [3.63, 3.8) is 0 Å². The summed E-state index contributed by atoms with van der Waals surface area (Å²) < 4.78 is 5.81. The number of imidazole rings is 1. The second kappa shape index (κ2) is 11.0. The third-order valence-corrected chi connectivity index (χ3v) is 7.71. The second-order valence-corrected chi connectivity index (χ2v) is 10.5. The zero-order valence-corrected chi connectivity index (χ0v) is 22.6. The van der Waals surface area contributed by atoms with E-state index in [1.807, 2.05) is 32.2 Å². The zero-order valence-electron chi connectivity index (χ0n) is 22.6. The molecule has 1 aliphatic heterocycles. The van der Waals surface area contributed by atoms with E-state index in [1.54, 1.807) is 6.20 Å². The molecule has 1 aliphatic carbocycles. The van der Waals surface area contributed by atoms with Crippen LogP contribution in [-0.2, 0) is 11.3 Å². The van der Waals surface area contributed by atoms with Crippen LogP contribution in [0.25, 0.3) is 22.2 Å². The van der Waals surface area contributed by atoms with E-state index in [-0.39, 0.29) is 5.92 Å². The molecule has 2 aliphatic rings. The lowest BCUT2D eigenvalue weighted by Gasteiger charge is -2.38. The number of aromatic nitrogens is 4. The van der Waals surface area contributed by atoms with Gasteiger partial charge in [-0.15, -0.1) is 0 Å². The molecule has 4 aromatic rings. The van der Waals surface area contributed by atoms with Crippen LogP contribution in [0.1, 0.15) is 37.4 Å². The van der Waals surface area contributed by atoms with Crippen molar-refractivity contribution < 1.29 is 9.53 Å². The van der Waals surface area contributed by atoms with Crippen LogP contribution in [0.5, 0.6) is 5.75 Å². The molecule has 4 heterocycles. The van der Waals surface area contributed by atoms with Gasteiger partial charge in [-0.3, -0.25) is 14.7 Å². The number of aromatic amines is 1. The van der Waals surface area contributed by atoms with Crippen LogP contribution in [0.15, 0.2) is 48.8 Å². The van der Waals surface area contributed by atoms with E-state index >= 15 is 0 Å². The summed E-state index contributed by atoms with van der Waals surface area (Å²) in [5.74, 6) is 2.80. The van der Waals surface area contributed by atoms with Crippen LogP contribution in [0.3, 0.4) is 0 Å². The lowest BCUT2D eigenvalue weighted by Crippen LogP contribution is -2.50. The van der Waals surface area contributed by atoms with Crippen LogP contribution < -0.4 is 10.1 Å². The first kappa shape index (κ1) is 25.3. The topological polar surface area (TPSA) is 99.3 Å². The molecule has 0 spiro atoms.